The van der Waals surface area contributed by atoms with E-state index in [4.69, 9.17) is 4.74 Å². The molecule has 4 aliphatic carbocycles. The van der Waals surface area contributed by atoms with Gasteiger partial charge in [0.2, 0.25) is 5.91 Å². The van der Waals surface area contributed by atoms with Gasteiger partial charge in [0.25, 0.3) is 0 Å². The van der Waals surface area contributed by atoms with Gasteiger partial charge in [0, 0.05) is 4.88 Å². The third-order valence-electron chi connectivity index (χ3n) is 5.93. The maximum Gasteiger partial charge on any atom is 0.340 e. The van der Waals surface area contributed by atoms with Crippen LogP contribution in [0.25, 0.3) is 0 Å². The van der Waals surface area contributed by atoms with Gasteiger partial charge in [0.1, 0.15) is 5.00 Å². The summed E-state index contributed by atoms with van der Waals surface area (Å²) < 4.78 is 4.82. The van der Waals surface area contributed by atoms with Crippen LogP contribution >= 0.6 is 11.3 Å². The van der Waals surface area contributed by atoms with Crippen LogP contribution in [0.1, 0.15) is 47.3 Å². The largest absolute Gasteiger partial charge is 0.465 e. The second-order valence-corrected chi connectivity index (χ2v) is 8.50. The number of rotatable bonds is 3. The molecule has 22 heavy (non-hydrogen) atoms. The van der Waals surface area contributed by atoms with Crippen molar-refractivity contribution in [1.29, 1.82) is 0 Å². The Morgan fingerprint density at radius 3 is 2.59 bits per heavy atom. The third-order valence-corrected chi connectivity index (χ3v) is 6.90. The van der Waals surface area contributed by atoms with E-state index in [-0.39, 0.29) is 17.3 Å². The second kappa shape index (κ2) is 4.82. The van der Waals surface area contributed by atoms with Gasteiger partial charge >= 0.3 is 5.97 Å². The first-order chi connectivity index (χ1) is 10.5. The fourth-order valence-electron chi connectivity index (χ4n) is 5.26. The van der Waals surface area contributed by atoms with Gasteiger partial charge in [-0.1, -0.05) is 0 Å². The van der Waals surface area contributed by atoms with Crippen molar-refractivity contribution in [2.24, 2.45) is 23.2 Å². The summed E-state index contributed by atoms with van der Waals surface area (Å²) in [7, 11) is 1.37. The van der Waals surface area contributed by atoms with E-state index in [0.717, 1.165) is 29.6 Å². The lowest BCUT2D eigenvalue weighted by atomic mass is 9.75. The van der Waals surface area contributed by atoms with Crippen LogP contribution in [-0.4, -0.2) is 19.0 Å². The van der Waals surface area contributed by atoms with Gasteiger partial charge in [-0.05, 0) is 62.8 Å². The van der Waals surface area contributed by atoms with Gasteiger partial charge in [-0.15, -0.1) is 11.3 Å². The Balaban J connectivity index is 1.60. The van der Waals surface area contributed by atoms with Crippen LogP contribution in [0.5, 0.6) is 0 Å². The molecular formula is C17H21NO3S. The molecule has 5 heteroatoms. The molecule has 118 valence electrons. The minimum Gasteiger partial charge on any atom is -0.465 e. The highest BCUT2D eigenvalue weighted by Crippen LogP contribution is 2.65. The van der Waals surface area contributed by atoms with Crippen molar-refractivity contribution in [1.82, 2.24) is 0 Å². The molecule has 2 atom stereocenters. The molecule has 1 amide bonds. The van der Waals surface area contributed by atoms with E-state index in [2.05, 4.69) is 5.32 Å². The molecule has 4 nitrogen and oxygen atoms in total. The molecule has 0 aliphatic heterocycles. The predicted octanol–water partition coefficient (Wildman–Crippen LogP) is 3.61. The lowest BCUT2D eigenvalue weighted by Crippen LogP contribution is -2.37. The fourth-order valence-corrected chi connectivity index (χ4v) is 6.16. The number of methoxy groups -OCH3 is 1. The second-order valence-electron chi connectivity index (χ2n) is 7.25. The van der Waals surface area contributed by atoms with Crippen LogP contribution in [0.3, 0.4) is 0 Å². The molecule has 0 radical (unpaired) electrons. The first kappa shape index (κ1) is 14.2. The highest BCUT2D eigenvalue weighted by atomic mass is 32.1. The maximum absolute atomic E-state index is 13.0. The first-order valence-corrected chi connectivity index (χ1v) is 8.83. The van der Waals surface area contributed by atoms with E-state index in [1.807, 2.05) is 6.92 Å². The SMILES string of the molecule is COC(=O)c1cc(C)sc1NC(=O)C12CC3CC(CC1C3)C2. The summed E-state index contributed by atoms with van der Waals surface area (Å²) in [6, 6.07) is 1.79. The molecule has 1 aromatic heterocycles. The average molecular weight is 319 g/mol. The molecule has 0 aromatic carbocycles. The van der Waals surface area contributed by atoms with Crippen molar-refractivity contribution >= 4 is 28.2 Å². The van der Waals surface area contributed by atoms with Gasteiger partial charge in [-0.2, -0.15) is 0 Å². The highest BCUT2D eigenvalue weighted by Gasteiger charge is 2.61. The summed E-state index contributed by atoms with van der Waals surface area (Å²) >= 11 is 1.46. The first-order valence-electron chi connectivity index (χ1n) is 8.02. The van der Waals surface area contributed by atoms with Crippen molar-refractivity contribution in [2.75, 3.05) is 12.4 Å². The Labute approximate surface area is 134 Å². The van der Waals surface area contributed by atoms with Gasteiger partial charge in [0.15, 0.2) is 0 Å². The number of ether oxygens (including phenoxy) is 1. The molecular weight excluding hydrogens is 298 g/mol. The highest BCUT2D eigenvalue weighted by molar-refractivity contribution is 7.16. The van der Waals surface area contributed by atoms with E-state index in [1.165, 1.54) is 37.7 Å². The Morgan fingerprint density at radius 1 is 1.27 bits per heavy atom. The number of anilines is 1. The Kier molecular flexibility index (Phi) is 3.12. The summed E-state index contributed by atoms with van der Waals surface area (Å²) in [5.74, 6) is 1.80. The molecule has 4 saturated carbocycles. The summed E-state index contributed by atoms with van der Waals surface area (Å²) in [4.78, 5) is 25.9. The van der Waals surface area contributed by atoms with Crippen molar-refractivity contribution in [2.45, 2.75) is 39.0 Å². The van der Waals surface area contributed by atoms with Crippen LogP contribution in [-0.2, 0) is 9.53 Å². The number of hydrogen-bond donors (Lipinski definition) is 1. The predicted molar refractivity (Wildman–Crippen MR) is 85.0 cm³/mol. The van der Waals surface area contributed by atoms with Crippen molar-refractivity contribution in [3.8, 4) is 0 Å². The molecule has 0 spiro atoms. The van der Waals surface area contributed by atoms with Crippen LogP contribution in [0, 0.1) is 30.1 Å². The number of carbonyl (C=O) groups is 2. The minimum absolute atomic E-state index is 0.134. The van der Waals surface area contributed by atoms with Crippen molar-refractivity contribution in [3.05, 3.63) is 16.5 Å². The van der Waals surface area contributed by atoms with Crippen molar-refractivity contribution in [3.63, 3.8) is 0 Å². The molecule has 0 saturated heterocycles. The normalized spacial score (nSPS) is 34.9. The summed E-state index contributed by atoms with van der Waals surface area (Å²) in [5, 5.41) is 3.72. The van der Waals surface area contributed by atoms with Crippen LogP contribution < -0.4 is 5.32 Å². The summed E-state index contributed by atoms with van der Waals surface area (Å²) in [5.41, 5.74) is 0.311. The third kappa shape index (κ3) is 1.94. The zero-order valence-corrected chi connectivity index (χ0v) is 13.8. The molecule has 1 heterocycles. The Hall–Kier alpha value is -1.36. The number of esters is 1. The smallest absolute Gasteiger partial charge is 0.340 e. The number of thiophene rings is 1. The monoisotopic (exact) mass is 319 g/mol. The van der Waals surface area contributed by atoms with Gasteiger partial charge < -0.3 is 10.1 Å². The van der Waals surface area contributed by atoms with Gasteiger partial charge in [-0.25, -0.2) is 4.79 Å². The number of carbonyl (C=O) groups excluding carboxylic acids is 2. The molecule has 4 aliphatic rings. The molecule has 2 unspecified atom stereocenters. The van der Waals surface area contributed by atoms with Crippen LogP contribution in [0.2, 0.25) is 0 Å². The maximum atomic E-state index is 13.0. The average Bonchev–Trinajstić information content (AvgIpc) is 3.05. The van der Waals surface area contributed by atoms with Gasteiger partial charge in [0.05, 0.1) is 18.1 Å². The minimum atomic E-state index is -0.380. The Morgan fingerprint density at radius 2 is 1.95 bits per heavy atom. The number of hydrogen-bond acceptors (Lipinski definition) is 4. The van der Waals surface area contributed by atoms with E-state index in [0.29, 0.717) is 16.5 Å². The summed E-state index contributed by atoms with van der Waals surface area (Å²) in [6.07, 6.45) is 5.83. The standard InChI is InChI=1S/C17H21NO3S/c1-9-3-13(15(19)21-2)14(22-9)18-16(20)17-7-10-4-11(8-17)6-12(17)5-10/h3,10-12H,4-8H2,1-2H3,(H,18,20). The number of nitrogens with one attached hydrogen (secondary N) is 1. The van der Waals surface area contributed by atoms with E-state index in [1.54, 1.807) is 6.07 Å². The zero-order chi connectivity index (χ0) is 15.5. The lowest BCUT2D eigenvalue weighted by Gasteiger charge is -2.31. The zero-order valence-electron chi connectivity index (χ0n) is 13.0. The molecule has 1 N–H and O–H groups in total. The van der Waals surface area contributed by atoms with Crippen LogP contribution in [0.15, 0.2) is 6.07 Å². The molecule has 5 rings (SSSR count). The topological polar surface area (TPSA) is 55.4 Å². The van der Waals surface area contributed by atoms with E-state index >= 15 is 0 Å². The quantitative estimate of drug-likeness (QED) is 0.866. The number of aryl methyl sites for hydroxylation is 1. The number of amides is 1. The molecule has 1 aromatic rings. The van der Waals surface area contributed by atoms with Crippen molar-refractivity contribution < 1.29 is 14.3 Å². The van der Waals surface area contributed by atoms with Crippen LogP contribution in [0.4, 0.5) is 5.00 Å². The molecule has 4 fully saturated rings. The lowest BCUT2D eigenvalue weighted by molar-refractivity contribution is -0.127. The Bertz CT molecular complexity index is 636. The fraction of sp³-hybridized carbons (Fsp3) is 0.647. The van der Waals surface area contributed by atoms with Gasteiger partial charge in [-0.3, -0.25) is 4.79 Å². The van der Waals surface area contributed by atoms with E-state index in [9.17, 15) is 9.59 Å². The van der Waals surface area contributed by atoms with E-state index < -0.39 is 0 Å². The summed E-state index contributed by atoms with van der Waals surface area (Å²) in [6.45, 7) is 1.94. The molecule has 4 bridgehead atoms.